The first-order valence-electron chi connectivity index (χ1n) is 5.26. The van der Waals surface area contributed by atoms with Gasteiger partial charge in [0.1, 0.15) is 17.5 Å². The molecule has 0 bridgehead atoms. The van der Waals surface area contributed by atoms with Crippen molar-refractivity contribution in [1.29, 1.82) is 5.26 Å². The Morgan fingerprint density at radius 1 is 1.32 bits per heavy atom. The molecule has 7 heteroatoms. The van der Waals surface area contributed by atoms with Gasteiger partial charge >= 0.3 is 6.01 Å². The van der Waals surface area contributed by atoms with E-state index in [0.29, 0.717) is 11.4 Å². The van der Waals surface area contributed by atoms with Gasteiger partial charge in [-0.05, 0) is 25.1 Å². The molecule has 0 spiro atoms. The lowest BCUT2D eigenvalue weighted by molar-refractivity contribution is -0.384. The lowest BCUT2D eigenvalue weighted by Gasteiger charge is -2.04. The van der Waals surface area contributed by atoms with Gasteiger partial charge in [0, 0.05) is 17.8 Å². The number of rotatable bonds is 3. The molecule has 0 amide bonds. The predicted molar refractivity (Wildman–Crippen MR) is 64.7 cm³/mol. The van der Waals surface area contributed by atoms with Crippen molar-refractivity contribution in [2.24, 2.45) is 0 Å². The van der Waals surface area contributed by atoms with Gasteiger partial charge in [0.2, 0.25) is 0 Å². The number of hydrogen-bond donors (Lipinski definition) is 0. The maximum atomic E-state index is 10.5. The van der Waals surface area contributed by atoms with E-state index in [2.05, 4.69) is 9.97 Å². The highest BCUT2D eigenvalue weighted by Crippen LogP contribution is 2.21. The van der Waals surface area contributed by atoms with Gasteiger partial charge in [-0.1, -0.05) is 0 Å². The fraction of sp³-hybridized carbons (Fsp3) is 0.0833. The van der Waals surface area contributed by atoms with E-state index in [4.69, 9.17) is 10.00 Å². The normalized spacial score (nSPS) is 9.68. The summed E-state index contributed by atoms with van der Waals surface area (Å²) in [7, 11) is 0. The molecule has 0 fully saturated rings. The molecule has 1 heterocycles. The predicted octanol–water partition coefficient (Wildman–Crippen LogP) is 2.36. The van der Waals surface area contributed by atoms with Crippen LogP contribution in [0.3, 0.4) is 0 Å². The number of nitrogens with zero attached hydrogens (tertiary/aromatic N) is 4. The fourth-order valence-corrected chi connectivity index (χ4v) is 1.39. The summed E-state index contributed by atoms with van der Waals surface area (Å²) in [5, 5.41) is 19.3. The van der Waals surface area contributed by atoms with Crippen LogP contribution in [0, 0.1) is 28.4 Å². The highest BCUT2D eigenvalue weighted by molar-refractivity contribution is 5.37. The Morgan fingerprint density at radius 2 is 2.00 bits per heavy atom. The van der Waals surface area contributed by atoms with Gasteiger partial charge < -0.3 is 4.74 Å². The van der Waals surface area contributed by atoms with Crippen molar-refractivity contribution in [3.8, 4) is 17.8 Å². The molecular weight excluding hydrogens is 248 g/mol. The Morgan fingerprint density at radius 3 is 2.58 bits per heavy atom. The van der Waals surface area contributed by atoms with E-state index in [1.54, 1.807) is 6.92 Å². The van der Waals surface area contributed by atoms with Crippen molar-refractivity contribution in [2.45, 2.75) is 6.92 Å². The molecule has 19 heavy (non-hydrogen) atoms. The Kier molecular flexibility index (Phi) is 3.34. The highest BCUT2D eigenvalue weighted by Gasteiger charge is 2.07. The van der Waals surface area contributed by atoms with Crippen LogP contribution in [-0.2, 0) is 0 Å². The Bertz CT molecular complexity index is 662. The van der Waals surface area contributed by atoms with Crippen molar-refractivity contribution in [1.82, 2.24) is 9.97 Å². The number of benzene rings is 1. The summed E-state index contributed by atoms with van der Waals surface area (Å²) in [6.07, 6.45) is 0. The van der Waals surface area contributed by atoms with Gasteiger partial charge in [0.15, 0.2) is 0 Å². The largest absolute Gasteiger partial charge is 0.424 e. The van der Waals surface area contributed by atoms with Crippen LogP contribution in [-0.4, -0.2) is 14.9 Å². The zero-order chi connectivity index (χ0) is 13.8. The topological polar surface area (TPSA) is 102 Å². The molecule has 2 aromatic rings. The molecule has 2 rings (SSSR count). The number of nitro groups is 1. The van der Waals surface area contributed by atoms with Crippen molar-refractivity contribution in [3.05, 3.63) is 51.8 Å². The minimum absolute atomic E-state index is 0.0322. The smallest absolute Gasteiger partial charge is 0.323 e. The van der Waals surface area contributed by atoms with Crippen LogP contribution in [0.15, 0.2) is 30.3 Å². The zero-order valence-corrected chi connectivity index (χ0v) is 9.90. The third-order valence-corrected chi connectivity index (χ3v) is 2.20. The van der Waals surface area contributed by atoms with Crippen LogP contribution < -0.4 is 4.74 Å². The van der Waals surface area contributed by atoms with E-state index in [1.165, 1.54) is 30.3 Å². The molecule has 0 saturated carbocycles. The Hall–Kier alpha value is -3.01. The van der Waals surface area contributed by atoms with E-state index in [1.807, 2.05) is 6.07 Å². The standard InChI is InChI=1S/C12H8N4O3/c1-8-6-9(7-13)15-12(14-8)19-11-4-2-10(3-5-11)16(17)18/h2-6H,1H3. The maximum absolute atomic E-state index is 10.5. The second kappa shape index (κ2) is 5.10. The molecule has 0 unspecified atom stereocenters. The van der Waals surface area contributed by atoms with Gasteiger partial charge in [-0.3, -0.25) is 10.1 Å². The van der Waals surface area contributed by atoms with Gasteiger partial charge in [-0.2, -0.15) is 10.2 Å². The molecular formula is C12H8N4O3. The first-order chi connectivity index (χ1) is 9.08. The lowest BCUT2D eigenvalue weighted by Crippen LogP contribution is -1.96. The van der Waals surface area contributed by atoms with Crippen molar-refractivity contribution in [3.63, 3.8) is 0 Å². The fourth-order valence-electron chi connectivity index (χ4n) is 1.39. The summed E-state index contributed by atoms with van der Waals surface area (Å²) in [6, 6.07) is 8.97. The molecule has 0 aliphatic carbocycles. The van der Waals surface area contributed by atoms with Crippen LogP contribution >= 0.6 is 0 Å². The molecule has 1 aromatic carbocycles. The van der Waals surface area contributed by atoms with Crippen LogP contribution in [0.5, 0.6) is 11.8 Å². The lowest BCUT2D eigenvalue weighted by atomic mass is 10.3. The Balaban J connectivity index is 2.24. The number of aryl methyl sites for hydroxylation is 1. The van der Waals surface area contributed by atoms with Crippen LogP contribution in [0.1, 0.15) is 11.4 Å². The van der Waals surface area contributed by atoms with E-state index in [0.717, 1.165) is 0 Å². The van der Waals surface area contributed by atoms with Crippen LogP contribution in [0.25, 0.3) is 0 Å². The molecule has 94 valence electrons. The monoisotopic (exact) mass is 256 g/mol. The third kappa shape index (κ3) is 3.01. The number of hydrogen-bond acceptors (Lipinski definition) is 6. The van der Waals surface area contributed by atoms with E-state index >= 15 is 0 Å². The van der Waals surface area contributed by atoms with Crippen molar-refractivity contribution in [2.75, 3.05) is 0 Å². The molecule has 0 atom stereocenters. The quantitative estimate of drug-likeness (QED) is 0.617. The SMILES string of the molecule is Cc1cc(C#N)nc(Oc2ccc([N+](=O)[O-])cc2)n1. The van der Waals surface area contributed by atoms with Crippen LogP contribution in [0.2, 0.25) is 0 Å². The average molecular weight is 256 g/mol. The average Bonchev–Trinajstić information content (AvgIpc) is 2.38. The van der Waals surface area contributed by atoms with Gasteiger partial charge in [0.05, 0.1) is 4.92 Å². The number of nitriles is 1. The molecule has 0 N–H and O–H groups in total. The van der Waals surface area contributed by atoms with Crippen molar-refractivity contribution < 1.29 is 9.66 Å². The Labute approximate surface area is 108 Å². The molecule has 0 aliphatic heterocycles. The first kappa shape index (κ1) is 12.4. The van der Waals surface area contributed by atoms with Gasteiger partial charge in [0.25, 0.3) is 5.69 Å². The second-order valence-electron chi connectivity index (χ2n) is 3.64. The van der Waals surface area contributed by atoms with Crippen LogP contribution in [0.4, 0.5) is 5.69 Å². The minimum atomic E-state index is -0.499. The van der Waals surface area contributed by atoms with Crippen molar-refractivity contribution >= 4 is 5.69 Å². The molecule has 0 aliphatic rings. The summed E-state index contributed by atoms with van der Waals surface area (Å²) in [4.78, 5) is 17.9. The summed E-state index contributed by atoms with van der Waals surface area (Å²) < 4.78 is 5.34. The summed E-state index contributed by atoms with van der Waals surface area (Å²) >= 11 is 0. The zero-order valence-electron chi connectivity index (χ0n) is 9.90. The number of ether oxygens (including phenoxy) is 1. The second-order valence-corrected chi connectivity index (χ2v) is 3.64. The van der Waals surface area contributed by atoms with E-state index < -0.39 is 4.92 Å². The molecule has 0 saturated heterocycles. The number of nitro benzene ring substituents is 1. The summed E-state index contributed by atoms with van der Waals surface area (Å²) in [5.74, 6) is 0.361. The molecule has 0 radical (unpaired) electrons. The highest BCUT2D eigenvalue weighted by atomic mass is 16.6. The van der Waals surface area contributed by atoms with E-state index in [-0.39, 0.29) is 17.4 Å². The summed E-state index contributed by atoms with van der Waals surface area (Å²) in [5.41, 5.74) is 0.767. The first-order valence-corrected chi connectivity index (χ1v) is 5.26. The molecule has 1 aromatic heterocycles. The number of aromatic nitrogens is 2. The van der Waals surface area contributed by atoms with Gasteiger partial charge in [-0.15, -0.1) is 0 Å². The number of non-ortho nitro benzene ring substituents is 1. The summed E-state index contributed by atoms with van der Waals surface area (Å²) in [6.45, 7) is 1.71. The van der Waals surface area contributed by atoms with Gasteiger partial charge in [-0.25, -0.2) is 4.98 Å². The maximum Gasteiger partial charge on any atom is 0.323 e. The third-order valence-electron chi connectivity index (χ3n) is 2.20. The van der Waals surface area contributed by atoms with E-state index in [9.17, 15) is 10.1 Å². The molecule has 7 nitrogen and oxygen atoms in total. The minimum Gasteiger partial charge on any atom is -0.424 e.